The summed E-state index contributed by atoms with van der Waals surface area (Å²) in [6.45, 7) is 9.51. The lowest BCUT2D eigenvalue weighted by Crippen LogP contribution is -2.41. The van der Waals surface area contributed by atoms with Gasteiger partial charge in [-0.05, 0) is 49.2 Å². The number of furan rings is 1. The van der Waals surface area contributed by atoms with E-state index in [0.29, 0.717) is 17.6 Å². The molecule has 0 aliphatic carbocycles. The molecule has 0 radical (unpaired) electrons. The van der Waals surface area contributed by atoms with Crippen LogP contribution in [0.15, 0.2) is 40.8 Å². The van der Waals surface area contributed by atoms with E-state index in [1.165, 1.54) is 0 Å². The summed E-state index contributed by atoms with van der Waals surface area (Å²) in [6, 6.07) is 11.4. The molecule has 2 aromatic rings. The molecular weight excluding hydrogens is 366 g/mol. The van der Waals surface area contributed by atoms with Crippen LogP contribution >= 0.6 is 0 Å². The van der Waals surface area contributed by atoms with Gasteiger partial charge in [0, 0.05) is 48.9 Å². The van der Waals surface area contributed by atoms with Gasteiger partial charge in [-0.2, -0.15) is 0 Å². The molecule has 6 nitrogen and oxygen atoms in total. The van der Waals surface area contributed by atoms with Crippen LogP contribution in [0, 0.1) is 5.41 Å². The lowest BCUT2D eigenvalue weighted by Gasteiger charge is -2.30. The Morgan fingerprint density at radius 2 is 1.66 bits per heavy atom. The summed E-state index contributed by atoms with van der Waals surface area (Å²) in [5, 5.41) is 2.91. The summed E-state index contributed by atoms with van der Waals surface area (Å²) in [5.74, 6) is 1.01. The van der Waals surface area contributed by atoms with Crippen LogP contribution in [0.3, 0.4) is 0 Å². The predicted molar refractivity (Wildman–Crippen MR) is 113 cm³/mol. The van der Waals surface area contributed by atoms with E-state index in [2.05, 4.69) is 10.2 Å². The minimum Gasteiger partial charge on any atom is -0.451 e. The molecule has 3 fully saturated rings. The second kappa shape index (κ2) is 7.67. The molecule has 3 saturated heterocycles. The zero-order valence-corrected chi connectivity index (χ0v) is 17.4. The molecule has 154 valence electrons. The molecule has 2 amide bonds. The highest BCUT2D eigenvalue weighted by Crippen LogP contribution is 2.27. The monoisotopic (exact) mass is 395 g/mol. The molecule has 1 aromatic carbocycles. The van der Waals surface area contributed by atoms with Crippen LogP contribution in [-0.2, 0) is 4.79 Å². The van der Waals surface area contributed by atoms with Gasteiger partial charge >= 0.3 is 0 Å². The van der Waals surface area contributed by atoms with Crippen molar-refractivity contribution in [3.8, 4) is 11.3 Å². The van der Waals surface area contributed by atoms with Crippen molar-refractivity contribution in [3.05, 3.63) is 42.2 Å². The van der Waals surface area contributed by atoms with Crippen molar-refractivity contribution in [2.45, 2.75) is 39.7 Å². The molecule has 5 rings (SSSR count). The average Bonchev–Trinajstić information content (AvgIpc) is 3.00. The first-order valence-electron chi connectivity index (χ1n) is 10.4. The van der Waals surface area contributed by atoms with Crippen LogP contribution in [-0.4, -0.2) is 53.8 Å². The highest BCUT2D eigenvalue weighted by molar-refractivity contribution is 5.95. The summed E-state index contributed by atoms with van der Waals surface area (Å²) in [6.07, 6.45) is 2.09. The van der Waals surface area contributed by atoms with E-state index < -0.39 is 5.41 Å². The Balaban J connectivity index is 1.46. The highest BCUT2D eigenvalue weighted by Gasteiger charge is 2.33. The van der Waals surface area contributed by atoms with Gasteiger partial charge in [0.2, 0.25) is 5.91 Å². The van der Waals surface area contributed by atoms with Crippen LogP contribution in [0.2, 0.25) is 0 Å². The van der Waals surface area contributed by atoms with Crippen molar-refractivity contribution in [1.29, 1.82) is 0 Å². The molecule has 3 aliphatic rings. The van der Waals surface area contributed by atoms with Gasteiger partial charge < -0.3 is 19.5 Å². The fourth-order valence-corrected chi connectivity index (χ4v) is 3.94. The van der Waals surface area contributed by atoms with Gasteiger partial charge in [-0.3, -0.25) is 9.59 Å². The first-order chi connectivity index (χ1) is 13.8. The van der Waals surface area contributed by atoms with E-state index >= 15 is 0 Å². The number of nitrogens with zero attached hydrogens (tertiary/aromatic N) is 2. The van der Waals surface area contributed by atoms with Crippen molar-refractivity contribution in [3.63, 3.8) is 0 Å². The molecule has 3 aliphatic heterocycles. The fourth-order valence-electron chi connectivity index (χ4n) is 3.94. The molecule has 0 atom stereocenters. The molecule has 1 aromatic heterocycles. The zero-order chi connectivity index (χ0) is 20.6. The first-order valence-corrected chi connectivity index (χ1v) is 10.4. The van der Waals surface area contributed by atoms with Crippen molar-refractivity contribution in [1.82, 2.24) is 9.80 Å². The van der Waals surface area contributed by atoms with Crippen LogP contribution in [0.1, 0.15) is 44.2 Å². The van der Waals surface area contributed by atoms with Crippen LogP contribution < -0.4 is 5.32 Å². The summed E-state index contributed by atoms with van der Waals surface area (Å²) in [5.41, 5.74) is 1.17. The maximum atomic E-state index is 13.0. The Labute approximate surface area is 171 Å². The molecule has 6 heteroatoms. The zero-order valence-electron chi connectivity index (χ0n) is 17.4. The van der Waals surface area contributed by atoms with Gasteiger partial charge in [-0.1, -0.05) is 20.8 Å². The van der Waals surface area contributed by atoms with Gasteiger partial charge in [-0.25, -0.2) is 0 Å². The Kier molecular flexibility index (Phi) is 5.21. The minimum absolute atomic E-state index is 0.0148. The molecule has 1 N–H and O–H groups in total. The predicted octanol–water partition coefficient (Wildman–Crippen LogP) is 3.85. The van der Waals surface area contributed by atoms with Gasteiger partial charge in [0.25, 0.3) is 5.91 Å². The van der Waals surface area contributed by atoms with E-state index in [1.54, 1.807) is 6.07 Å². The first kappa shape index (κ1) is 19.7. The number of carbonyl (C=O) groups excluding carboxylic acids is 2. The Morgan fingerprint density at radius 3 is 2.31 bits per heavy atom. The fraction of sp³-hybridized carbons (Fsp3) is 0.478. The largest absolute Gasteiger partial charge is 0.451 e. The number of rotatable bonds is 3. The normalized spacial score (nSPS) is 21.7. The molecule has 2 bridgehead atoms. The van der Waals surface area contributed by atoms with E-state index in [1.807, 2.05) is 56.0 Å². The number of nitrogens with one attached hydrogen (secondary N) is 1. The third-order valence-corrected chi connectivity index (χ3v) is 5.84. The van der Waals surface area contributed by atoms with E-state index in [9.17, 15) is 9.59 Å². The van der Waals surface area contributed by atoms with Crippen molar-refractivity contribution in [2.75, 3.05) is 31.5 Å². The van der Waals surface area contributed by atoms with Gasteiger partial charge in [0.05, 0.1) is 0 Å². The molecule has 0 saturated carbocycles. The second-order valence-electron chi connectivity index (χ2n) is 9.02. The summed E-state index contributed by atoms with van der Waals surface area (Å²) < 4.78 is 5.92. The SMILES string of the molecule is CC(C)(C)C(=O)Nc1ccc(-c2ccc(C(=O)N3CCN4CCC3CC4)o2)cc1. The lowest BCUT2D eigenvalue weighted by atomic mass is 9.95. The van der Waals surface area contributed by atoms with Crippen molar-refractivity contribution in [2.24, 2.45) is 5.41 Å². The standard InChI is InChI=1S/C23H29N3O3/c1-23(2,3)22(28)24-17-6-4-16(5-7-17)19-8-9-20(29-19)21(27)26-15-14-25-12-10-18(26)11-13-25/h4-9,18H,10-15H2,1-3H3,(H,24,28). The number of hydrogen-bond acceptors (Lipinski definition) is 4. The minimum atomic E-state index is -0.446. The third-order valence-electron chi connectivity index (χ3n) is 5.84. The highest BCUT2D eigenvalue weighted by atomic mass is 16.4. The maximum absolute atomic E-state index is 13.0. The number of benzene rings is 1. The van der Waals surface area contributed by atoms with Crippen LogP contribution in [0.5, 0.6) is 0 Å². The molecule has 29 heavy (non-hydrogen) atoms. The number of fused-ring (bicyclic) bond motifs is 4. The van der Waals surface area contributed by atoms with Crippen LogP contribution in [0.25, 0.3) is 11.3 Å². The second-order valence-corrected chi connectivity index (χ2v) is 9.02. The Hall–Kier alpha value is -2.60. The van der Waals surface area contributed by atoms with Crippen LogP contribution in [0.4, 0.5) is 5.69 Å². The third kappa shape index (κ3) is 4.22. The quantitative estimate of drug-likeness (QED) is 0.857. The summed E-state index contributed by atoms with van der Waals surface area (Å²) in [7, 11) is 0. The topological polar surface area (TPSA) is 65.8 Å². The average molecular weight is 396 g/mol. The Bertz CT molecular complexity index is 887. The smallest absolute Gasteiger partial charge is 0.289 e. The summed E-state index contributed by atoms with van der Waals surface area (Å²) >= 11 is 0. The van der Waals surface area contributed by atoms with E-state index in [0.717, 1.165) is 50.3 Å². The van der Waals surface area contributed by atoms with Crippen molar-refractivity contribution >= 4 is 17.5 Å². The van der Waals surface area contributed by atoms with Gasteiger partial charge in [-0.15, -0.1) is 0 Å². The number of hydrogen-bond donors (Lipinski definition) is 1. The number of anilines is 1. The molecule has 0 unspecified atom stereocenters. The van der Waals surface area contributed by atoms with Gasteiger partial charge in [0.15, 0.2) is 5.76 Å². The van der Waals surface area contributed by atoms with Crippen molar-refractivity contribution < 1.29 is 14.0 Å². The van der Waals surface area contributed by atoms with E-state index in [-0.39, 0.29) is 11.8 Å². The molecule has 4 heterocycles. The lowest BCUT2D eigenvalue weighted by molar-refractivity contribution is -0.123. The number of amides is 2. The van der Waals surface area contributed by atoms with Gasteiger partial charge in [0.1, 0.15) is 5.76 Å². The number of carbonyl (C=O) groups is 2. The maximum Gasteiger partial charge on any atom is 0.289 e. The molecular formula is C23H29N3O3. The number of piperidine rings is 1. The Morgan fingerprint density at radius 1 is 0.966 bits per heavy atom. The summed E-state index contributed by atoms with van der Waals surface area (Å²) in [4.78, 5) is 29.6. The molecule has 0 spiro atoms. The van der Waals surface area contributed by atoms with E-state index in [4.69, 9.17) is 4.42 Å².